The molecule has 3 aromatic rings. The first-order valence-electron chi connectivity index (χ1n) is 6.00. The number of imidazole rings is 1. The van der Waals surface area contributed by atoms with Crippen LogP contribution in [0, 0.1) is 0 Å². The highest BCUT2D eigenvalue weighted by atomic mass is 15.3. The molecular formula is C13H13N5. The van der Waals surface area contributed by atoms with Gasteiger partial charge in [-0.2, -0.15) is 0 Å². The molecule has 3 rings (SSSR count). The van der Waals surface area contributed by atoms with Gasteiger partial charge in [0.1, 0.15) is 11.3 Å². The molecule has 0 unspecified atom stereocenters. The Kier molecular flexibility index (Phi) is 2.72. The molecule has 0 N–H and O–H groups in total. The van der Waals surface area contributed by atoms with Crippen LogP contribution in [0.1, 0.15) is 19.2 Å². The molecule has 0 spiro atoms. The minimum absolute atomic E-state index is 0.578. The van der Waals surface area contributed by atoms with Gasteiger partial charge in [-0.15, -0.1) is 10.2 Å². The van der Waals surface area contributed by atoms with Crippen LogP contribution in [-0.4, -0.2) is 24.7 Å². The summed E-state index contributed by atoms with van der Waals surface area (Å²) in [6, 6.07) is 7.71. The van der Waals surface area contributed by atoms with E-state index in [0.717, 1.165) is 29.7 Å². The van der Waals surface area contributed by atoms with Crippen LogP contribution < -0.4 is 0 Å². The fourth-order valence-electron chi connectivity index (χ4n) is 1.90. The number of benzene rings is 1. The number of fused-ring (bicyclic) bond motifs is 1. The van der Waals surface area contributed by atoms with E-state index in [9.17, 15) is 0 Å². The van der Waals surface area contributed by atoms with E-state index in [0.29, 0.717) is 5.95 Å². The quantitative estimate of drug-likeness (QED) is 0.702. The molecule has 5 nitrogen and oxygen atoms in total. The third kappa shape index (κ3) is 1.84. The monoisotopic (exact) mass is 239 g/mol. The zero-order chi connectivity index (χ0) is 12.4. The average molecular weight is 239 g/mol. The van der Waals surface area contributed by atoms with Crippen molar-refractivity contribution in [3.63, 3.8) is 0 Å². The molecule has 0 saturated heterocycles. The molecule has 0 aliphatic carbocycles. The Morgan fingerprint density at radius 2 is 1.94 bits per heavy atom. The zero-order valence-corrected chi connectivity index (χ0v) is 10.1. The van der Waals surface area contributed by atoms with Gasteiger partial charge in [-0.3, -0.25) is 4.57 Å². The SMILES string of the molecule is CCCc1nccn1-c1nnc2ccccc2n1. The second kappa shape index (κ2) is 4.52. The van der Waals surface area contributed by atoms with Gasteiger partial charge >= 0.3 is 0 Å². The third-order valence-corrected chi connectivity index (χ3v) is 2.76. The molecule has 0 aliphatic heterocycles. The van der Waals surface area contributed by atoms with E-state index in [-0.39, 0.29) is 0 Å². The third-order valence-electron chi connectivity index (χ3n) is 2.76. The van der Waals surface area contributed by atoms with Crippen LogP contribution >= 0.6 is 0 Å². The van der Waals surface area contributed by atoms with Crippen molar-refractivity contribution >= 4 is 11.0 Å². The lowest BCUT2D eigenvalue weighted by molar-refractivity contribution is 0.772. The van der Waals surface area contributed by atoms with Crippen LogP contribution in [0.4, 0.5) is 0 Å². The standard InChI is InChI=1S/C13H13N5/c1-2-5-12-14-8-9-18(12)13-15-10-6-3-4-7-11(10)16-17-13/h3-4,6-9H,2,5H2,1H3. The Morgan fingerprint density at radius 3 is 2.78 bits per heavy atom. The lowest BCUT2D eigenvalue weighted by atomic mass is 10.3. The van der Waals surface area contributed by atoms with E-state index >= 15 is 0 Å². The fourth-order valence-corrected chi connectivity index (χ4v) is 1.90. The molecule has 0 saturated carbocycles. The van der Waals surface area contributed by atoms with Crippen LogP contribution in [-0.2, 0) is 6.42 Å². The van der Waals surface area contributed by atoms with E-state index in [1.807, 2.05) is 35.0 Å². The van der Waals surface area contributed by atoms with Gasteiger partial charge in [0.15, 0.2) is 0 Å². The molecule has 18 heavy (non-hydrogen) atoms. The Morgan fingerprint density at radius 1 is 1.11 bits per heavy atom. The number of hydrogen-bond donors (Lipinski definition) is 0. The average Bonchev–Trinajstić information content (AvgIpc) is 2.87. The van der Waals surface area contributed by atoms with Gasteiger partial charge in [0.2, 0.25) is 0 Å². The summed E-state index contributed by atoms with van der Waals surface area (Å²) in [5, 5.41) is 8.33. The summed E-state index contributed by atoms with van der Waals surface area (Å²) in [6.07, 6.45) is 5.58. The molecule has 0 bridgehead atoms. The topological polar surface area (TPSA) is 56.5 Å². The predicted molar refractivity (Wildman–Crippen MR) is 68.5 cm³/mol. The first-order chi connectivity index (χ1) is 8.88. The van der Waals surface area contributed by atoms with E-state index in [4.69, 9.17) is 0 Å². The molecule has 2 aromatic heterocycles. The Balaban J connectivity index is 2.10. The van der Waals surface area contributed by atoms with Crippen molar-refractivity contribution in [2.24, 2.45) is 0 Å². The maximum atomic E-state index is 4.51. The van der Waals surface area contributed by atoms with Crippen LogP contribution in [0.5, 0.6) is 0 Å². The molecule has 0 atom stereocenters. The van der Waals surface area contributed by atoms with Crippen LogP contribution in [0.3, 0.4) is 0 Å². The molecule has 0 radical (unpaired) electrons. The number of para-hydroxylation sites is 1. The Bertz CT molecular complexity index is 674. The summed E-state index contributed by atoms with van der Waals surface area (Å²) in [6.45, 7) is 2.12. The normalized spacial score (nSPS) is 10.9. The lowest BCUT2D eigenvalue weighted by Crippen LogP contribution is -2.06. The second-order valence-corrected chi connectivity index (χ2v) is 4.06. The summed E-state index contributed by atoms with van der Waals surface area (Å²) >= 11 is 0. The highest BCUT2D eigenvalue weighted by Gasteiger charge is 2.08. The van der Waals surface area contributed by atoms with Gasteiger partial charge in [-0.25, -0.2) is 9.97 Å². The predicted octanol–water partition coefficient (Wildman–Crippen LogP) is 2.16. The van der Waals surface area contributed by atoms with Crippen LogP contribution in [0.25, 0.3) is 17.0 Å². The maximum Gasteiger partial charge on any atom is 0.255 e. The highest BCUT2D eigenvalue weighted by molar-refractivity contribution is 5.73. The highest BCUT2D eigenvalue weighted by Crippen LogP contribution is 2.11. The first kappa shape index (κ1) is 10.8. The van der Waals surface area contributed by atoms with Crippen molar-refractivity contribution in [2.75, 3.05) is 0 Å². The van der Waals surface area contributed by atoms with Crippen molar-refractivity contribution in [2.45, 2.75) is 19.8 Å². The van der Waals surface area contributed by atoms with E-state index in [1.54, 1.807) is 6.20 Å². The first-order valence-corrected chi connectivity index (χ1v) is 6.00. The summed E-state index contributed by atoms with van der Waals surface area (Å²) in [7, 11) is 0. The second-order valence-electron chi connectivity index (χ2n) is 4.06. The van der Waals surface area contributed by atoms with Gasteiger partial charge in [0, 0.05) is 18.8 Å². The van der Waals surface area contributed by atoms with E-state index < -0.39 is 0 Å². The largest absolute Gasteiger partial charge is 0.270 e. The minimum atomic E-state index is 0.578. The zero-order valence-electron chi connectivity index (χ0n) is 10.1. The molecule has 0 amide bonds. The Labute approximate surface area is 105 Å². The number of aryl methyl sites for hydroxylation is 1. The smallest absolute Gasteiger partial charge is 0.255 e. The van der Waals surface area contributed by atoms with Crippen molar-refractivity contribution in [3.8, 4) is 5.95 Å². The number of rotatable bonds is 3. The van der Waals surface area contributed by atoms with Crippen molar-refractivity contribution in [1.29, 1.82) is 0 Å². The van der Waals surface area contributed by atoms with E-state index in [2.05, 4.69) is 27.1 Å². The summed E-state index contributed by atoms with van der Waals surface area (Å²) < 4.78 is 1.89. The van der Waals surface area contributed by atoms with Crippen molar-refractivity contribution in [1.82, 2.24) is 24.7 Å². The van der Waals surface area contributed by atoms with Gasteiger partial charge in [0.25, 0.3) is 5.95 Å². The van der Waals surface area contributed by atoms with Gasteiger partial charge in [-0.05, 0) is 18.6 Å². The molecular weight excluding hydrogens is 226 g/mol. The number of hydrogen-bond acceptors (Lipinski definition) is 4. The number of aromatic nitrogens is 5. The van der Waals surface area contributed by atoms with Crippen molar-refractivity contribution < 1.29 is 0 Å². The molecule has 1 aromatic carbocycles. The van der Waals surface area contributed by atoms with Gasteiger partial charge in [-0.1, -0.05) is 19.1 Å². The Hall–Kier alpha value is -2.30. The van der Waals surface area contributed by atoms with Gasteiger partial charge < -0.3 is 0 Å². The van der Waals surface area contributed by atoms with Crippen LogP contribution in [0.15, 0.2) is 36.7 Å². The van der Waals surface area contributed by atoms with E-state index in [1.165, 1.54) is 0 Å². The summed E-state index contributed by atoms with van der Waals surface area (Å²) in [5.74, 6) is 1.55. The molecule has 5 heteroatoms. The van der Waals surface area contributed by atoms with Crippen LogP contribution in [0.2, 0.25) is 0 Å². The van der Waals surface area contributed by atoms with Crippen molar-refractivity contribution in [3.05, 3.63) is 42.5 Å². The lowest BCUT2D eigenvalue weighted by Gasteiger charge is -2.05. The minimum Gasteiger partial charge on any atom is -0.270 e. The molecule has 2 heterocycles. The summed E-state index contributed by atoms with van der Waals surface area (Å²) in [5.41, 5.74) is 1.65. The van der Waals surface area contributed by atoms with Gasteiger partial charge in [0.05, 0.1) is 5.52 Å². The fraction of sp³-hybridized carbons (Fsp3) is 0.231. The summed E-state index contributed by atoms with van der Waals surface area (Å²) in [4.78, 5) is 8.83. The molecule has 0 aliphatic rings. The molecule has 0 fully saturated rings. The number of nitrogens with zero attached hydrogens (tertiary/aromatic N) is 5. The molecule has 90 valence electrons. The maximum absolute atomic E-state index is 4.51.